The second kappa shape index (κ2) is 7.90. The molecule has 4 rings (SSSR count). The molecule has 1 aromatic carbocycles. The molecule has 0 saturated heterocycles. The number of benzene rings is 1. The van der Waals surface area contributed by atoms with Crippen molar-refractivity contribution in [1.82, 2.24) is 19.9 Å². The number of pyridine rings is 1. The maximum atomic E-state index is 14.1. The van der Waals surface area contributed by atoms with Crippen LogP contribution in [0.1, 0.15) is 44.0 Å². The van der Waals surface area contributed by atoms with E-state index in [0.717, 1.165) is 18.3 Å². The van der Waals surface area contributed by atoms with Crippen molar-refractivity contribution in [3.63, 3.8) is 0 Å². The Morgan fingerprint density at radius 2 is 1.97 bits per heavy atom. The normalized spacial score (nSPS) is 16.5. The molecule has 3 N–H and O–H groups in total. The molecule has 1 amide bonds. The van der Waals surface area contributed by atoms with E-state index in [1.807, 2.05) is 0 Å². The van der Waals surface area contributed by atoms with E-state index in [0.29, 0.717) is 23.5 Å². The Bertz CT molecular complexity index is 1330. The number of H-pyrrole nitrogens is 1. The zero-order chi connectivity index (χ0) is 23.2. The summed E-state index contributed by atoms with van der Waals surface area (Å²) in [5, 5.41) is 12.7. The zero-order valence-corrected chi connectivity index (χ0v) is 16.9. The van der Waals surface area contributed by atoms with Crippen molar-refractivity contribution in [2.24, 2.45) is 0 Å². The molecule has 3 aromatic rings. The molecule has 32 heavy (non-hydrogen) atoms. The summed E-state index contributed by atoms with van der Waals surface area (Å²) in [4.78, 5) is 44.8. The minimum absolute atomic E-state index is 0.0906. The highest BCUT2D eigenvalue weighted by molar-refractivity contribution is 5.82. The minimum atomic E-state index is -1.46. The zero-order valence-electron chi connectivity index (χ0n) is 16.9. The van der Waals surface area contributed by atoms with Gasteiger partial charge in [-0.2, -0.15) is 0 Å². The van der Waals surface area contributed by atoms with Gasteiger partial charge >= 0.3 is 5.69 Å². The fraction of sp³-hybridized carbons (Fsp3) is 0.333. The van der Waals surface area contributed by atoms with Gasteiger partial charge in [-0.05, 0) is 38.0 Å². The van der Waals surface area contributed by atoms with Gasteiger partial charge in [0.05, 0.1) is 34.4 Å². The summed E-state index contributed by atoms with van der Waals surface area (Å²) < 4.78 is 41.5. The van der Waals surface area contributed by atoms with Gasteiger partial charge in [0.2, 0.25) is 5.91 Å². The molecular formula is C21H19F3N4O4. The molecule has 0 bridgehead atoms. The fourth-order valence-electron chi connectivity index (χ4n) is 3.61. The number of hydrogen-bond acceptors (Lipinski definition) is 5. The molecule has 0 unspecified atom stereocenters. The predicted molar refractivity (Wildman–Crippen MR) is 107 cm³/mol. The number of aromatic nitrogens is 3. The average Bonchev–Trinajstić information content (AvgIpc) is 3.44. The number of aromatic amines is 1. The van der Waals surface area contributed by atoms with E-state index in [9.17, 15) is 32.7 Å². The van der Waals surface area contributed by atoms with E-state index < -0.39 is 52.3 Å². The number of rotatable bonds is 6. The summed E-state index contributed by atoms with van der Waals surface area (Å²) in [6.45, 7) is 1.40. The molecule has 0 radical (unpaired) electrons. The summed E-state index contributed by atoms with van der Waals surface area (Å²) in [5.41, 5.74) is -3.23. The van der Waals surface area contributed by atoms with Crippen molar-refractivity contribution >= 4 is 16.8 Å². The first kappa shape index (κ1) is 21.8. The van der Waals surface area contributed by atoms with Crippen LogP contribution in [-0.2, 0) is 4.79 Å². The van der Waals surface area contributed by atoms with Crippen LogP contribution in [0.4, 0.5) is 13.2 Å². The molecular weight excluding hydrogens is 429 g/mol. The number of nitrogens with zero attached hydrogens (tertiary/aromatic N) is 2. The van der Waals surface area contributed by atoms with Crippen LogP contribution in [0.2, 0.25) is 0 Å². The third-order valence-electron chi connectivity index (χ3n) is 5.51. The maximum absolute atomic E-state index is 14.1. The van der Waals surface area contributed by atoms with Crippen molar-refractivity contribution in [1.29, 1.82) is 0 Å². The van der Waals surface area contributed by atoms with E-state index in [2.05, 4.69) is 15.3 Å². The summed E-state index contributed by atoms with van der Waals surface area (Å²) >= 11 is 0. The lowest BCUT2D eigenvalue weighted by molar-refractivity contribution is -0.126. The molecule has 1 saturated carbocycles. The Balaban J connectivity index is 1.74. The van der Waals surface area contributed by atoms with Crippen molar-refractivity contribution in [2.75, 3.05) is 0 Å². The van der Waals surface area contributed by atoms with Gasteiger partial charge in [0.1, 0.15) is 23.5 Å². The number of fused-ring (bicyclic) bond motifs is 1. The molecule has 11 heteroatoms. The standard InChI is InChI=1S/C21H19F3N4O4/c1-10(17-14(24)7-12(23)9-25-17)26-18(29)16(8-21(32)4-5-21)28-19(30)13-6-11(22)2-3-15(13)27-20(28)31/h2-3,6-7,9-10,16,32H,4-5,8H2,1H3,(H,26,29)(H,27,31)/t10-,16+/m1/s1. The molecule has 2 heterocycles. The Labute approximate surface area is 178 Å². The van der Waals surface area contributed by atoms with E-state index in [-0.39, 0.29) is 23.0 Å². The molecule has 8 nitrogen and oxygen atoms in total. The first-order valence-electron chi connectivity index (χ1n) is 9.86. The minimum Gasteiger partial charge on any atom is -0.390 e. The van der Waals surface area contributed by atoms with Crippen LogP contribution in [0.15, 0.2) is 40.1 Å². The van der Waals surface area contributed by atoms with Gasteiger partial charge in [0.25, 0.3) is 5.56 Å². The molecule has 1 aliphatic rings. The Morgan fingerprint density at radius 1 is 1.25 bits per heavy atom. The maximum Gasteiger partial charge on any atom is 0.329 e. The van der Waals surface area contributed by atoms with E-state index in [4.69, 9.17) is 0 Å². The number of carbonyl (C=O) groups is 1. The average molecular weight is 448 g/mol. The fourth-order valence-corrected chi connectivity index (χ4v) is 3.61. The third kappa shape index (κ3) is 4.15. The number of aliphatic hydroxyl groups is 1. The Kier molecular flexibility index (Phi) is 5.37. The summed E-state index contributed by atoms with van der Waals surface area (Å²) in [7, 11) is 0. The first-order valence-corrected chi connectivity index (χ1v) is 9.86. The van der Waals surface area contributed by atoms with Gasteiger partial charge in [-0.3, -0.25) is 14.6 Å². The lowest BCUT2D eigenvalue weighted by Gasteiger charge is -2.23. The van der Waals surface area contributed by atoms with Crippen LogP contribution >= 0.6 is 0 Å². The van der Waals surface area contributed by atoms with Gasteiger partial charge in [-0.1, -0.05) is 0 Å². The molecule has 1 aliphatic carbocycles. The van der Waals surface area contributed by atoms with Gasteiger partial charge in [-0.25, -0.2) is 22.5 Å². The second-order valence-electron chi connectivity index (χ2n) is 7.99. The molecule has 2 atom stereocenters. The Hall–Kier alpha value is -3.47. The van der Waals surface area contributed by atoms with Crippen LogP contribution in [0.3, 0.4) is 0 Å². The summed E-state index contributed by atoms with van der Waals surface area (Å²) in [6.07, 6.45) is 1.28. The third-order valence-corrected chi connectivity index (χ3v) is 5.51. The van der Waals surface area contributed by atoms with Crippen molar-refractivity contribution in [3.8, 4) is 0 Å². The van der Waals surface area contributed by atoms with Crippen LogP contribution in [-0.4, -0.2) is 31.1 Å². The lowest BCUT2D eigenvalue weighted by Crippen LogP contribution is -2.46. The molecule has 168 valence electrons. The Morgan fingerprint density at radius 3 is 2.62 bits per heavy atom. The lowest BCUT2D eigenvalue weighted by atomic mass is 10.1. The van der Waals surface area contributed by atoms with Gasteiger partial charge in [0.15, 0.2) is 0 Å². The van der Waals surface area contributed by atoms with E-state index in [1.165, 1.54) is 13.0 Å². The number of carbonyl (C=O) groups excluding carboxylic acids is 1. The number of amides is 1. The number of nitrogens with one attached hydrogen (secondary N) is 2. The molecule has 0 spiro atoms. The van der Waals surface area contributed by atoms with Crippen molar-refractivity contribution in [3.05, 3.63) is 74.4 Å². The van der Waals surface area contributed by atoms with E-state index >= 15 is 0 Å². The van der Waals surface area contributed by atoms with Crippen molar-refractivity contribution < 1.29 is 23.1 Å². The topological polar surface area (TPSA) is 117 Å². The van der Waals surface area contributed by atoms with Gasteiger partial charge in [0, 0.05) is 12.5 Å². The largest absolute Gasteiger partial charge is 0.390 e. The number of hydrogen-bond donors (Lipinski definition) is 3. The SMILES string of the molecule is C[C@@H](NC(=O)[C@H](CC1(O)CC1)n1c(=O)[nH]c2ccc(F)cc2c1=O)c1ncc(F)cc1F. The predicted octanol–water partition coefficient (Wildman–Crippen LogP) is 1.84. The quantitative estimate of drug-likeness (QED) is 0.532. The van der Waals surface area contributed by atoms with Crippen LogP contribution in [0.25, 0.3) is 10.9 Å². The van der Waals surface area contributed by atoms with Crippen LogP contribution < -0.4 is 16.6 Å². The van der Waals surface area contributed by atoms with E-state index in [1.54, 1.807) is 0 Å². The molecule has 0 aliphatic heterocycles. The molecule has 2 aromatic heterocycles. The van der Waals surface area contributed by atoms with Gasteiger partial charge in [-0.15, -0.1) is 0 Å². The van der Waals surface area contributed by atoms with Crippen molar-refractivity contribution in [2.45, 2.75) is 43.9 Å². The van der Waals surface area contributed by atoms with Crippen LogP contribution in [0.5, 0.6) is 0 Å². The highest BCUT2D eigenvalue weighted by atomic mass is 19.1. The smallest absolute Gasteiger partial charge is 0.329 e. The highest BCUT2D eigenvalue weighted by Crippen LogP contribution is 2.41. The van der Waals surface area contributed by atoms with Gasteiger partial charge < -0.3 is 15.4 Å². The monoisotopic (exact) mass is 448 g/mol. The number of halogens is 3. The molecule has 1 fully saturated rings. The highest BCUT2D eigenvalue weighted by Gasteiger charge is 2.45. The summed E-state index contributed by atoms with van der Waals surface area (Å²) in [5.74, 6) is -3.43. The van der Waals surface area contributed by atoms with Crippen LogP contribution in [0, 0.1) is 17.5 Å². The second-order valence-corrected chi connectivity index (χ2v) is 7.99. The summed E-state index contributed by atoms with van der Waals surface area (Å²) in [6, 6.07) is 1.36. The first-order chi connectivity index (χ1) is 15.1.